The number of carboxylic acids is 1. The van der Waals surface area contributed by atoms with Gasteiger partial charge in [0.05, 0.1) is 0 Å². The van der Waals surface area contributed by atoms with E-state index in [4.69, 9.17) is 5.11 Å². The molecule has 5 heteroatoms. The molecule has 4 nitrogen and oxygen atoms in total. The van der Waals surface area contributed by atoms with Crippen molar-refractivity contribution in [1.82, 2.24) is 9.97 Å². The maximum absolute atomic E-state index is 11.1. The minimum atomic E-state index is -1.03. The van der Waals surface area contributed by atoms with Crippen molar-refractivity contribution in [2.24, 2.45) is 0 Å². The number of nitrogens with zero attached hydrogens (tertiary/aromatic N) is 2. The number of carboxylic acid groups (broad SMARTS) is 1. The van der Waals surface area contributed by atoms with Crippen LogP contribution in [0.15, 0.2) is 35.4 Å². The van der Waals surface area contributed by atoms with Crippen molar-refractivity contribution in [3.63, 3.8) is 0 Å². The molecule has 2 aromatic rings. The monoisotopic (exact) mass is 274 g/mol. The minimum absolute atomic E-state index is 0.0528. The van der Waals surface area contributed by atoms with Gasteiger partial charge in [0, 0.05) is 22.2 Å². The zero-order valence-corrected chi connectivity index (χ0v) is 11.6. The molecule has 0 amide bonds. The standard InChI is InChI=1S/C14H14N2O2S/c1-3-19-11-6-4-10(5-7-11)13-15-8-9(2)12(16-13)14(17)18/h4-8H,3H2,1-2H3,(H,17,18). The number of aromatic carboxylic acids is 1. The van der Waals surface area contributed by atoms with Gasteiger partial charge in [-0.05, 0) is 24.8 Å². The van der Waals surface area contributed by atoms with E-state index in [9.17, 15) is 4.79 Å². The zero-order chi connectivity index (χ0) is 13.8. The highest BCUT2D eigenvalue weighted by atomic mass is 32.2. The lowest BCUT2D eigenvalue weighted by molar-refractivity contribution is 0.0689. The predicted molar refractivity (Wildman–Crippen MR) is 75.6 cm³/mol. The summed E-state index contributed by atoms with van der Waals surface area (Å²) in [6.45, 7) is 3.79. The normalized spacial score (nSPS) is 10.4. The van der Waals surface area contributed by atoms with E-state index in [1.54, 1.807) is 24.9 Å². The maximum atomic E-state index is 11.1. The van der Waals surface area contributed by atoms with E-state index in [-0.39, 0.29) is 5.69 Å². The largest absolute Gasteiger partial charge is 0.477 e. The molecule has 1 heterocycles. The molecule has 0 saturated carbocycles. The smallest absolute Gasteiger partial charge is 0.354 e. The van der Waals surface area contributed by atoms with Crippen LogP contribution in [0.1, 0.15) is 23.0 Å². The third kappa shape index (κ3) is 3.12. The fraction of sp³-hybridized carbons (Fsp3) is 0.214. The Bertz CT molecular complexity index is 597. The number of thioether (sulfide) groups is 1. The molecule has 0 aliphatic rings. The highest BCUT2D eigenvalue weighted by Gasteiger charge is 2.11. The van der Waals surface area contributed by atoms with Gasteiger partial charge in [-0.2, -0.15) is 0 Å². The minimum Gasteiger partial charge on any atom is -0.477 e. The van der Waals surface area contributed by atoms with Crippen LogP contribution in [-0.2, 0) is 0 Å². The second-order valence-electron chi connectivity index (χ2n) is 3.99. The molecule has 0 saturated heterocycles. The van der Waals surface area contributed by atoms with Crippen LogP contribution in [0.2, 0.25) is 0 Å². The lowest BCUT2D eigenvalue weighted by Crippen LogP contribution is -2.05. The Kier molecular flexibility index (Phi) is 4.16. The first-order valence-corrected chi connectivity index (χ1v) is 6.90. The van der Waals surface area contributed by atoms with Crippen LogP contribution in [-0.4, -0.2) is 26.8 Å². The fourth-order valence-corrected chi connectivity index (χ4v) is 2.33. The van der Waals surface area contributed by atoms with E-state index in [2.05, 4.69) is 16.9 Å². The molecule has 1 aromatic heterocycles. The van der Waals surface area contributed by atoms with Crippen molar-refractivity contribution >= 4 is 17.7 Å². The number of benzene rings is 1. The van der Waals surface area contributed by atoms with E-state index in [0.29, 0.717) is 11.4 Å². The first-order chi connectivity index (χ1) is 9.11. The van der Waals surface area contributed by atoms with Gasteiger partial charge in [-0.3, -0.25) is 0 Å². The number of carbonyl (C=O) groups is 1. The molecule has 0 spiro atoms. The topological polar surface area (TPSA) is 63.1 Å². The van der Waals surface area contributed by atoms with Gasteiger partial charge in [0.15, 0.2) is 11.5 Å². The molecular formula is C14H14N2O2S. The average Bonchev–Trinajstić information content (AvgIpc) is 2.40. The predicted octanol–water partition coefficient (Wildman–Crippen LogP) is 3.26. The van der Waals surface area contributed by atoms with E-state index in [1.807, 2.05) is 24.3 Å². The third-order valence-electron chi connectivity index (χ3n) is 2.60. The summed E-state index contributed by atoms with van der Waals surface area (Å²) in [5, 5.41) is 9.06. The van der Waals surface area contributed by atoms with Crippen LogP contribution < -0.4 is 0 Å². The van der Waals surface area contributed by atoms with Gasteiger partial charge >= 0.3 is 5.97 Å². The summed E-state index contributed by atoms with van der Waals surface area (Å²) in [7, 11) is 0. The summed E-state index contributed by atoms with van der Waals surface area (Å²) in [4.78, 5) is 20.5. The molecule has 1 N–H and O–H groups in total. The molecule has 1 aromatic carbocycles. The SMILES string of the molecule is CCSc1ccc(-c2ncc(C)c(C(=O)O)n2)cc1. The van der Waals surface area contributed by atoms with Gasteiger partial charge in [0.2, 0.25) is 0 Å². The lowest BCUT2D eigenvalue weighted by atomic mass is 10.2. The van der Waals surface area contributed by atoms with E-state index < -0.39 is 5.97 Å². The number of rotatable bonds is 4. The fourth-order valence-electron chi connectivity index (χ4n) is 1.66. The Hall–Kier alpha value is -1.88. The van der Waals surface area contributed by atoms with Gasteiger partial charge in [-0.25, -0.2) is 14.8 Å². The molecule has 19 heavy (non-hydrogen) atoms. The first kappa shape index (κ1) is 13.5. The van der Waals surface area contributed by atoms with Crippen LogP contribution >= 0.6 is 11.8 Å². The molecule has 0 unspecified atom stereocenters. The Morgan fingerprint density at radius 1 is 1.32 bits per heavy atom. The highest BCUT2D eigenvalue weighted by Crippen LogP contribution is 2.22. The van der Waals surface area contributed by atoms with Gasteiger partial charge < -0.3 is 5.11 Å². The van der Waals surface area contributed by atoms with Crippen LogP contribution in [0.3, 0.4) is 0 Å². The number of hydrogen-bond acceptors (Lipinski definition) is 4. The lowest BCUT2D eigenvalue weighted by Gasteiger charge is -2.05. The summed E-state index contributed by atoms with van der Waals surface area (Å²) >= 11 is 1.75. The van der Waals surface area contributed by atoms with E-state index in [1.165, 1.54) is 4.90 Å². The van der Waals surface area contributed by atoms with Crippen molar-refractivity contribution in [3.05, 3.63) is 41.7 Å². The van der Waals surface area contributed by atoms with Crippen molar-refractivity contribution in [2.45, 2.75) is 18.7 Å². The molecular weight excluding hydrogens is 260 g/mol. The summed E-state index contributed by atoms with van der Waals surface area (Å²) in [5.41, 5.74) is 1.44. The molecule has 0 atom stereocenters. The Morgan fingerprint density at radius 3 is 2.58 bits per heavy atom. The Morgan fingerprint density at radius 2 is 2.00 bits per heavy atom. The average molecular weight is 274 g/mol. The second-order valence-corrected chi connectivity index (χ2v) is 5.33. The molecule has 0 fully saturated rings. The van der Waals surface area contributed by atoms with Crippen molar-refractivity contribution in [2.75, 3.05) is 5.75 Å². The van der Waals surface area contributed by atoms with Crippen LogP contribution in [0.4, 0.5) is 0 Å². The van der Waals surface area contributed by atoms with Crippen LogP contribution in [0.25, 0.3) is 11.4 Å². The third-order valence-corrected chi connectivity index (χ3v) is 3.49. The molecule has 0 radical (unpaired) electrons. The van der Waals surface area contributed by atoms with Crippen molar-refractivity contribution in [3.8, 4) is 11.4 Å². The quantitative estimate of drug-likeness (QED) is 0.867. The summed E-state index contributed by atoms with van der Waals surface area (Å²) in [5.74, 6) is 0.430. The number of aryl methyl sites for hydroxylation is 1. The maximum Gasteiger partial charge on any atom is 0.354 e. The molecule has 0 bridgehead atoms. The van der Waals surface area contributed by atoms with Gasteiger partial charge in [-0.1, -0.05) is 19.1 Å². The number of hydrogen-bond donors (Lipinski definition) is 1. The second kappa shape index (κ2) is 5.84. The van der Waals surface area contributed by atoms with Gasteiger partial charge in [-0.15, -0.1) is 11.8 Å². The highest BCUT2D eigenvalue weighted by molar-refractivity contribution is 7.99. The van der Waals surface area contributed by atoms with Gasteiger partial charge in [0.1, 0.15) is 0 Å². The van der Waals surface area contributed by atoms with Crippen molar-refractivity contribution in [1.29, 1.82) is 0 Å². The zero-order valence-electron chi connectivity index (χ0n) is 10.8. The van der Waals surface area contributed by atoms with E-state index >= 15 is 0 Å². The Labute approximate surface area is 115 Å². The molecule has 0 aliphatic heterocycles. The Balaban J connectivity index is 2.36. The van der Waals surface area contributed by atoms with E-state index in [0.717, 1.165) is 11.3 Å². The summed E-state index contributed by atoms with van der Waals surface area (Å²) in [6, 6.07) is 7.81. The van der Waals surface area contributed by atoms with Gasteiger partial charge in [0.25, 0.3) is 0 Å². The first-order valence-electron chi connectivity index (χ1n) is 5.92. The van der Waals surface area contributed by atoms with Crippen molar-refractivity contribution < 1.29 is 9.90 Å². The molecule has 2 rings (SSSR count). The summed E-state index contributed by atoms with van der Waals surface area (Å²) < 4.78 is 0. The summed E-state index contributed by atoms with van der Waals surface area (Å²) in [6.07, 6.45) is 1.54. The van der Waals surface area contributed by atoms with Crippen LogP contribution in [0.5, 0.6) is 0 Å². The molecule has 0 aliphatic carbocycles. The number of aromatic nitrogens is 2. The van der Waals surface area contributed by atoms with Crippen LogP contribution in [0, 0.1) is 6.92 Å². The molecule has 98 valence electrons.